The lowest BCUT2D eigenvalue weighted by molar-refractivity contribution is -0.153. The van der Waals surface area contributed by atoms with Gasteiger partial charge in [-0.3, -0.25) is 9.69 Å². The van der Waals surface area contributed by atoms with E-state index >= 15 is 0 Å². The van der Waals surface area contributed by atoms with Crippen LogP contribution in [0.1, 0.15) is 32.6 Å². The molecule has 0 rings (SSSR count). The molecule has 0 aliphatic carbocycles. The van der Waals surface area contributed by atoms with Crippen LogP contribution in [-0.4, -0.2) is 37.6 Å². The molecule has 3 nitrogen and oxygen atoms in total. The molecule has 0 amide bonds. The van der Waals surface area contributed by atoms with Gasteiger partial charge in [0.15, 0.2) is 0 Å². The van der Waals surface area contributed by atoms with Gasteiger partial charge in [-0.05, 0) is 40.3 Å². The monoisotopic (exact) mass is 213 g/mol. The standard InChI is InChI=1S/C12H23NO2/c1-6-7-8-9-10-12(2,13(3)4)11(14)15-5/h6H,1,7-10H2,2-5H3/t12-/m1/s1. The third-order valence-corrected chi connectivity index (χ3v) is 2.93. The fourth-order valence-electron chi connectivity index (χ4n) is 1.49. The van der Waals surface area contributed by atoms with Gasteiger partial charge < -0.3 is 4.74 Å². The van der Waals surface area contributed by atoms with Crippen molar-refractivity contribution in [2.75, 3.05) is 21.2 Å². The summed E-state index contributed by atoms with van der Waals surface area (Å²) in [5.41, 5.74) is -0.504. The van der Waals surface area contributed by atoms with Gasteiger partial charge in [0.05, 0.1) is 7.11 Å². The van der Waals surface area contributed by atoms with Gasteiger partial charge in [0, 0.05) is 0 Å². The number of likely N-dealkylation sites (N-methyl/N-ethyl adjacent to an activating group) is 1. The number of esters is 1. The van der Waals surface area contributed by atoms with E-state index in [0.29, 0.717) is 0 Å². The average Bonchev–Trinajstić information content (AvgIpc) is 2.22. The van der Waals surface area contributed by atoms with Crippen LogP contribution in [0.2, 0.25) is 0 Å². The molecule has 0 aromatic rings. The van der Waals surface area contributed by atoms with Gasteiger partial charge in [-0.2, -0.15) is 0 Å². The molecule has 0 fully saturated rings. The summed E-state index contributed by atoms with van der Waals surface area (Å²) in [6, 6.07) is 0. The number of rotatable bonds is 7. The first-order valence-electron chi connectivity index (χ1n) is 5.35. The van der Waals surface area contributed by atoms with Gasteiger partial charge in [-0.15, -0.1) is 6.58 Å². The van der Waals surface area contributed by atoms with Crippen molar-refractivity contribution in [3.63, 3.8) is 0 Å². The van der Waals surface area contributed by atoms with Crippen molar-refractivity contribution >= 4 is 5.97 Å². The third-order valence-electron chi connectivity index (χ3n) is 2.93. The molecule has 0 aliphatic heterocycles. The van der Waals surface area contributed by atoms with E-state index in [-0.39, 0.29) is 5.97 Å². The Hall–Kier alpha value is -0.830. The van der Waals surface area contributed by atoms with Crippen LogP contribution in [0.15, 0.2) is 12.7 Å². The highest BCUT2D eigenvalue weighted by molar-refractivity contribution is 5.80. The zero-order valence-corrected chi connectivity index (χ0v) is 10.4. The van der Waals surface area contributed by atoms with Crippen LogP contribution < -0.4 is 0 Å². The topological polar surface area (TPSA) is 29.5 Å². The van der Waals surface area contributed by atoms with Gasteiger partial charge in [0.1, 0.15) is 5.54 Å². The van der Waals surface area contributed by atoms with Gasteiger partial charge in [0.25, 0.3) is 0 Å². The Kier molecular flexibility index (Phi) is 6.25. The van der Waals surface area contributed by atoms with Crippen LogP contribution in [-0.2, 0) is 9.53 Å². The minimum atomic E-state index is -0.504. The number of hydrogen-bond donors (Lipinski definition) is 0. The van der Waals surface area contributed by atoms with Crippen LogP contribution in [0.5, 0.6) is 0 Å². The van der Waals surface area contributed by atoms with Gasteiger partial charge in [0.2, 0.25) is 0 Å². The molecule has 0 spiro atoms. The van der Waals surface area contributed by atoms with E-state index in [4.69, 9.17) is 4.74 Å². The summed E-state index contributed by atoms with van der Waals surface area (Å²) in [5.74, 6) is -0.161. The van der Waals surface area contributed by atoms with Crippen molar-refractivity contribution < 1.29 is 9.53 Å². The molecule has 1 atom stereocenters. The quantitative estimate of drug-likeness (QED) is 0.369. The van der Waals surface area contributed by atoms with Crippen LogP contribution in [0, 0.1) is 0 Å². The van der Waals surface area contributed by atoms with Crippen LogP contribution in [0.4, 0.5) is 0 Å². The Morgan fingerprint density at radius 3 is 2.47 bits per heavy atom. The Balaban J connectivity index is 4.26. The summed E-state index contributed by atoms with van der Waals surface area (Å²) >= 11 is 0. The lowest BCUT2D eigenvalue weighted by atomic mass is 9.93. The molecule has 0 heterocycles. The zero-order chi connectivity index (χ0) is 11.9. The third kappa shape index (κ3) is 4.04. The summed E-state index contributed by atoms with van der Waals surface area (Å²) in [5, 5.41) is 0. The van der Waals surface area contributed by atoms with E-state index in [0.717, 1.165) is 25.7 Å². The maximum Gasteiger partial charge on any atom is 0.325 e. The van der Waals surface area contributed by atoms with Crippen LogP contribution >= 0.6 is 0 Å². The summed E-state index contributed by atoms with van der Waals surface area (Å²) in [6.07, 6.45) is 5.82. The molecule has 88 valence electrons. The Morgan fingerprint density at radius 2 is 2.07 bits per heavy atom. The second-order valence-corrected chi connectivity index (χ2v) is 4.19. The molecule has 0 radical (unpaired) electrons. The molecule has 0 bridgehead atoms. The maximum absolute atomic E-state index is 11.7. The molecule has 0 aromatic carbocycles. The predicted octanol–water partition coefficient (Wildman–Crippen LogP) is 2.23. The molecular formula is C12H23NO2. The highest BCUT2D eigenvalue weighted by Gasteiger charge is 2.35. The minimum absolute atomic E-state index is 0.161. The lowest BCUT2D eigenvalue weighted by Gasteiger charge is -2.33. The van der Waals surface area contributed by atoms with Crippen molar-refractivity contribution in [3.05, 3.63) is 12.7 Å². The Morgan fingerprint density at radius 1 is 1.47 bits per heavy atom. The maximum atomic E-state index is 11.7. The molecule has 3 heteroatoms. The van der Waals surface area contributed by atoms with Crippen molar-refractivity contribution in [3.8, 4) is 0 Å². The van der Waals surface area contributed by atoms with Crippen molar-refractivity contribution in [1.29, 1.82) is 0 Å². The predicted molar refractivity (Wildman–Crippen MR) is 62.8 cm³/mol. The SMILES string of the molecule is C=CCCCC[C@](C)(C(=O)OC)N(C)C. The fraction of sp³-hybridized carbons (Fsp3) is 0.750. The Labute approximate surface area is 93.1 Å². The second-order valence-electron chi connectivity index (χ2n) is 4.19. The number of unbranched alkanes of at least 4 members (excludes halogenated alkanes) is 2. The van der Waals surface area contributed by atoms with Gasteiger partial charge in [-0.25, -0.2) is 0 Å². The van der Waals surface area contributed by atoms with Crippen molar-refractivity contribution in [1.82, 2.24) is 4.90 Å². The first-order chi connectivity index (χ1) is 6.99. The summed E-state index contributed by atoms with van der Waals surface area (Å²) in [7, 11) is 5.25. The van der Waals surface area contributed by atoms with Crippen LogP contribution in [0.25, 0.3) is 0 Å². The van der Waals surface area contributed by atoms with E-state index < -0.39 is 5.54 Å². The van der Waals surface area contributed by atoms with E-state index in [1.807, 2.05) is 32.0 Å². The number of allylic oxidation sites excluding steroid dienone is 1. The van der Waals surface area contributed by atoms with Crippen molar-refractivity contribution in [2.24, 2.45) is 0 Å². The number of hydrogen-bond acceptors (Lipinski definition) is 3. The summed E-state index contributed by atoms with van der Waals surface area (Å²) in [4.78, 5) is 13.6. The number of carbonyl (C=O) groups excluding carboxylic acids is 1. The van der Waals surface area contributed by atoms with Crippen molar-refractivity contribution in [2.45, 2.75) is 38.1 Å². The fourth-order valence-corrected chi connectivity index (χ4v) is 1.49. The minimum Gasteiger partial charge on any atom is -0.468 e. The summed E-state index contributed by atoms with van der Waals surface area (Å²) in [6.45, 7) is 5.60. The Bertz CT molecular complexity index is 214. The summed E-state index contributed by atoms with van der Waals surface area (Å²) < 4.78 is 4.83. The largest absolute Gasteiger partial charge is 0.468 e. The smallest absolute Gasteiger partial charge is 0.325 e. The van der Waals surface area contributed by atoms with Gasteiger partial charge in [-0.1, -0.05) is 12.5 Å². The van der Waals surface area contributed by atoms with E-state index in [1.165, 1.54) is 7.11 Å². The highest BCUT2D eigenvalue weighted by atomic mass is 16.5. The molecule has 0 unspecified atom stereocenters. The van der Waals surface area contributed by atoms with E-state index in [2.05, 4.69) is 6.58 Å². The first-order valence-corrected chi connectivity index (χ1v) is 5.35. The second kappa shape index (κ2) is 6.62. The molecule has 0 aliphatic rings. The number of nitrogens with zero attached hydrogens (tertiary/aromatic N) is 1. The number of methoxy groups -OCH3 is 1. The number of ether oxygens (including phenoxy) is 1. The van der Waals surface area contributed by atoms with Crippen LogP contribution in [0.3, 0.4) is 0 Å². The normalized spacial score (nSPS) is 14.7. The zero-order valence-electron chi connectivity index (χ0n) is 10.4. The molecule has 0 saturated carbocycles. The lowest BCUT2D eigenvalue weighted by Crippen LogP contribution is -2.49. The van der Waals surface area contributed by atoms with E-state index in [9.17, 15) is 4.79 Å². The molecule has 15 heavy (non-hydrogen) atoms. The average molecular weight is 213 g/mol. The molecule has 0 N–H and O–H groups in total. The molecule has 0 aromatic heterocycles. The van der Waals surface area contributed by atoms with Gasteiger partial charge >= 0.3 is 5.97 Å². The number of carbonyl (C=O) groups is 1. The first kappa shape index (κ1) is 14.2. The highest BCUT2D eigenvalue weighted by Crippen LogP contribution is 2.21. The molecular weight excluding hydrogens is 190 g/mol. The van der Waals surface area contributed by atoms with E-state index in [1.54, 1.807) is 0 Å². The molecule has 0 saturated heterocycles.